The second kappa shape index (κ2) is 4.53. The molecule has 1 aromatic rings. The number of hydrazine groups is 1. The lowest BCUT2D eigenvalue weighted by atomic mass is 9.91. The predicted octanol–water partition coefficient (Wildman–Crippen LogP) is 0.976. The zero-order valence-corrected chi connectivity index (χ0v) is 9.94. The highest BCUT2D eigenvalue weighted by Crippen LogP contribution is 2.36. The lowest BCUT2D eigenvalue weighted by Gasteiger charge is -2.33. The van der Waals surface area contributed by atoms with Crippen molar-refractivity contribution in [3.05, 3.63) is 18.0 Å². The summed E-state index contributed by atoms with van der Waals surface area (Å²) in [6.07, 6.45) is 3.92. The Balaban J connectivity index is 2.28. The normalized spacial score (nSPS) is 27.2. The van der Waals surface area contributed by atoms with E-state index in [1.165, 1.54) is 0 Å². The van der Waals surface area contributed by atoms with Gasteiger partial charge in [-0.1, -0.05) is 0 Å². The Hall–Kier alpha value is -0.910. The number of hydrogen-bond acceptors (Lipinski definition) is 4. The summed E-state index contributed by atoms with van der Waals surface area (Å²) in [5.74, 6) is 5.68. The van der Waals surface area contributed by atoms with Gasteiger partial charge in [0.15, 0.2) is 0 Å². The van der Waals surface area contributed by atoms with Gasteiger partial charge in [-0.25, -0.2) is 5.43 Å². The molecule has 90 valence electrons. The monoisotopic (exact) mass is 224 g/mol. The van der Waals surface area contributed by atoms with Crippen LogP contribution >= 0.6 is 0 Å². The van der Waals surface area contributed by atoms with Crippen LogP contribution in [0.3, 0.4) is 0 Å². The summed E-state index contributed by atoms with van der Waals surface area (Å²) >= 11 is 0. The van der Waals surface area contributed by atoms with Crippen molar-refractivity contribution in [3.63, 3.8) is 0 Å². The van der Waals surface area contributed by atoms with Gasteiger partial charge in [0, 0.05) is 19.3 Å². The molecule has 0 spiro atoms. The number of nitrogens with two attached hydrogens (primary N) is 1. The average Bonchev–Trinajstić information content (AvgIpc) is 2.89. The molecular weight excluding hydrogens is 204 g/mol. The summed E-state index contributed by atoms with van der Waals surface area (Å²) in [6, 6.07) is 2.00. The number of rotatable bonds is 4. The van der Waals surface area contributed by atoms with Crippen molar-refractivity contribution in [2.75, 3.05) is 6.61 Å². The van der Waals surface area contributed by atoms with E-state index in [0.29, 0.717) is 0 Å². The van der Waals surface area contributed by atoms with E-state index < -0.39 is 0 Å². The third kappa shape index (κ3) is 1.86. The maximum atomic E-state index is 5.83. The standard InChI is InChI=1S/C11H20N4O/c1-3-15-9(5-7-13-15)10(14-12)11(2)6-4-8-16-11/h5,7,10,14H,3-4,6,8,12H2,1-2H3. The molecule has 5 heteroatoms. The van der Waals surface area contributed by atoms with E-state index in [1.807, 2.05) is 16.9 Å². The molecule has 0 aliphatic carbocycles. The van der Waals surface area contributed by atoms with E-state index in [-0.39, 0.29) is 11.6 Å². The van der Waals surface area contributed by atoms with Gasteiger partial charge >= 0.3 is 0 Å². The molecule has 16 heavy (non-hydrogen) atoms. The number of nitrogens with zero attached hydrogens (tertiary/aromatic N) is 2. The third-order valence-corrected chi connectivity index (χ3v) is 3.37. The first-order valence-corrected chi connectivity index (χ1v) is 5.83. The molecule has 2 rings (SSSR count). The van der Waals surface area contributed by atoms with Crippen molar-refractivity contribution in [2.24, 2.45) is 5.84 Å². The summed E-state index contributed by atoms with van der Waals surface area (Å²) in [6.45, 7) is 5.84. The number of aryl methyl sites for hydroxylation is 1. The van der Waals surface area contributed by atoms with Crippen LogP contribution in [-0.4, -0.2) is 22.0 Å². The Kier molecular flexibility index (Phi) is 3.28. The van der Waals surface area contributed by atoms with Crippen LogP contribution in [0.4, 0.5) is 0 Å². The van der Waals surface area contributed by atoms with Gasteiger partial charge in [0.05, 0.1) is 17.3 Å². The molecule has 3 N–H and O–H groups in total. The van der Waals surface area contributed by atoms with Crippen LogP contribution in [-0.2, 0) is 11.3 Å². The smallest absolute Gasteiger partial charge is 0.0915 e. The Morgan fingerprint density at radius 3 is 3.12 bits per heavy atom. The predicted molar refractivity (Wildman–Crippen MR) is 61.6 cm³/mol. The van der Waals surface area contributed by atoms with E-state index in [2.05, 4.69) is 24.4 Å². The van der Waals surface area contributed by atoms with Crippen molar-refractivity contribution < 1.29 is 4.74 Å². The summed E-state index contributed by atoms with van der Waals surface area (Å²) in [5, 5.41) is 4.27. The minimum atomic E-state index is -0.221. The molecule has 0 aromatic carbocycles. The summed E-state index contributed by atoms with van der Waals surface area (Å²) in [7, 11) is 0. The maximum Gasteiger partial charge on any atom is 0.0915 e. The molecule has 2 atom stereocenters. The molecule has 5 nitrogen and oxygen atoms in total. The van der Waals surface area contributed by atoms with E-state index in [9.17, 15) is 0 Å². The molecule has 0 bridgehead atoms. The van der Waals surface area contributed by atoms with Crippen molar-refractivity contribution >= 4 is 0 Å². The van der Waals surface area contributed by atoms with Crippen molar-refractivity contribution in [2.45, 2.75) is 44.9 Å². The molecule has 0 saturated carbocycles. The van der Waals surface area contributed by atoms with Crippen LogP contribution in [0, 0.1) is 0 Å². The fourth-order valence-corrected chi connectivity index (χ4v) is 2.46. The zero-order chi connectivity index (χ0) is 11.6. The van der Waals surface area contributed by atoms with Gasteiger partial charge < -0.3 is 4.74 Å². The fourth-order valence-electron chi connectivity index (χ4n) is 2.46. The number of nitrogens with one attached hydrogen (secondary N) is 1. The summed E-state index contributed by atoms with van der Waals surface area (Å²) in [4.78, 5) is 0. The third-order valence-electron chi connectivity index (χ3n) is 3.37. The van der Waals surface area contributed by atoms with Crippen molar-refractivity contribution in [1.29, 1.82) is 0 Å². The summed E-state index contributed by atoms with van der Waals surface area (Å²) < 4.78 is 7.79. The largest absolute Gasteiger partial charge is 0.373 e. The van der Waals surface area contributed by atoms with E-state index in [0.717, 1.165) is 31.7 Å². The molecule has 1 fully saturated rings. The Morgan fingerprint density at radius 1 is 1.75 bits per heavy atom. The Morgan fingerprint density at radius 2 is 2.56 bits per heavy atom. The zero-order valence-electron chi connectivity index (χ0n) is 9.94. The van der Waals surface area contributed by atoms with Gasteiger partial charge in [-0.3, -0.25) is 10.5 Å². The van der Waals surface area contributed by atoms with Crippen LogP contribution in [0.15, 0.2) is 12.3 Å². The Bertz CT molecular complexity index is 344. The van der Waals surface area contributed by atoms with Crippen LogP contribution in [0.25, 0.3) is 0 Å². The van der Waals surface area contributed by atoms with Gasteiger partial charge in [0.25, 0.3) is 0 Å². The molecule has 0 amide bonds. The second-order valence-corrected chi connectivity index (χ2v) is 4.44. The highest BCUT2D eigenvalue weighted by Gasteiger charge is 2.40. The molecule has 0 radical (unpaired) electrons. The first-order chi connectivity index (χ1) is 7.71. The van der Waals surface area contributed by atoms with Gasteiger partial charge in [0.2, 0.25) is 0 Å². The molecule has 2 heterocycles. The maximum absolute atomic E-state index is 5.83. The van der Waals surface area contributed by atoms with Crippen LogP contribution in [0.1, 0.15) is 38.4 Å². The minimum absolute atomic E-state index is 0.00236. The van der Waals surface area contributed by atoms with Gasteiger partial charge in [-0.2, -0.15) is 5.10 Å². The van der Waals surface area contributed by atoms with Crippen molar-refractivity contribution in [1.82, 2.24) is 15.2 Å². The Labute approximate surface area is 95.9 Å². The molecule has 1 aliphatic rings. The molecule has 1 aromatic heterocycles. The minimum Gasteiger partial charge on any atom is -0.373 e. The number of ether oxygens (including phenoxy) is 1. The van der Waals surface area contributed by atoms with E-state index in [1.54, 1.807) is 0 Å². The van der Waals surface area contributed by atoms with Crippen LogP contribution in [0.2, 0.25) is 0 Å². The average molecular weight is 224 g/mol. The number of aromatic nitrogens is 2. The molecular formula is C11H20N4O. The van der Waals surface area contributed by atoms with Gasteiger partial charge in [-0.05, 0) is 32.8 Å². The second-order valence-electron chi connectivity index (χ2n) is 4.44. The molecule has 1 saturated heterocycles. The molecule has 1 aliphatic heterocycles. The van der Waals surface area contributed by atoms with Crippen molar-refractivity contribution in [3.8, 4) is 0 Å². The topological polar surface area (TPSA) is 65.1 Å². The quantitative estimate of drug-likeness (QED) is 0.591. The van der Waals surface area contributed by atoms with Crippen LogP contribution in [0.5, 0.6) is 0 Å². The lowest BCUT2D eigenvalue weighted by molar-refractivity contribution is -0.0148. The van der Waals surface area contributed by atoms with Gasteiger partial charge in [-0.15, -0.1) is 0 Å². The highest BCUT2D eigenvalue weighted by molar-refractivity contribution is 5.13. The first-order valence-electron chi connectivity index (χ1n) is 5.83. The summed E-state index contributed by atoms with van der Waals surface area (Å²) in [5.41, 5.74) is 3.75. The molecule has 2 unspecified atom stereocenters. The first kappa shape index (κ1) is 11.6. The van der Waals surface area contributed by atoms with Gasteiger partial charge in [0.1, 0.15) is 0 Å². The van der Waals surface area contributed by atoms with E-state index in [4.69, 9.17) is 10.6 Å². The number of hydrogen-bond donors (Lipinski definition) is 2. The SMILES string of the molecule is CCn1nccc1C(NN)C1(C)CCCO1. The van der Waals surface area contributed by atoms with E-state index >= 15 is 0 Å². The van der Waals surface area contributed by atoms with Crippen LogP contribution < -0.4 is 11.3 Å². The highest BCUT2D eigenvalue weighted by atomic mass is 16.5. The lowest BCUT2D eigenvalue weighted by Crippen LogP contribution is -2.45. The fraction of sp³-hybridized carbons (Fsp3) is 0.727.